The second-order valence-corrected chi connectivity index (χ2v) is 6.05. The molecule has 1 saturated carbocycles. The molecule has 0 radical (unpaired) electrons. The smallest absolute Gasteiger partial charge is 0.413 e. The summed E-state index contributed by atoms with van der Waals surface area (Å²) in [6, 6.07) is 0.526. The first-order valence-electron chi connectivity index (χ1n) is 5.87. The van der Waals surface area contributed by atoms with Gasteiger partial charge >= 0.3 is 6.09 Å². The van der Waals surface area contributed by atoms with Crippen LogP contribution in [0.3, 0.4) is 0 Å². The monoisotopic (exact) mass is 302 g/mol. The third-order valence-electron chi connectivity index (χ3n) is 2.16. The van der Waals surface area contributed by atoms with Gasteiger partial charge < -0.3 is 10.1 Å². The highest BCUT2D eigenvalue weighted by atomic mass is 32.2. The highest BCUT2D eigenvalue weighted by molar-refractivity contribution is 8.01. The summed E-state index contributed by atoms with van der Waals surface area (Å²) in [6.07, 6.45) is 1.62. The maximum Gasteiger partial charge on any atom is 0.413 e. The van der Waals surface area contributed by atoms with Gasteiger partial charge in [0.25, 0.3) is 0 Å². The molecule has 0 spiro atoms. The summed E-state index contributed by atoms with van der Waals surface area (Å²) in [6.45, 7) is 1.91. The van der Waals surface area contributed by atoms with Crippen LogP contribution in [-0.4, -0.2) is 40.6 Å². The number of nitrogens with one attached hydrogen (secondary N) is 2. The zero-order chi connectivity index (χ0) is 13.7. The van der Waals surface area contributed by atoms with Crippen molar-refractivity contribution >= 4 is 40.2 Å². The SMILES string of the molecule is CCOC(=O)NC(=O)CSc1nnc(NC2CC2)s1. The molecule has 2 N–H and O–H groups in total. The van der Waals surface area contributed by atoms with Gasteiger partial charge in [0.05, 0.1) is 12.4 Å². The van der Waals surface area contributed by atoms with Crippen LogP contribution in [0.4, 0.5) is 9.93 Å². The lowest BCUT2D eigenvalue weighted by Gasteiger charge is -2.02. The minimum absolute atomic E-state index is 0.108. The molecule has 0 saturated heterocycles. The average Bonchev–Trinajstić information content (AvgIpc) is 3.04. The van der Waals surface area contributed by atoms with Crippen molar-refractivity contribution in [3.63, 3.8) is 0 Å². The molecule has 1 aromatic rings. The van der Waals surface area contributed by atoms with Crippen LogP contribution in [0.15, 0.2) is 4.34 Å². The van der Waals surface area contributed by atoms with Gasteiger partial charge in [-0.2, -0.15) is 0 Å². The van der Waals surface area contributed by atoms with Crippen LogP contribution in [0.1, 0.15) is 19.8 Å². The molecule has 0 unspecified atom stereocenters. The second-order valence-electron chi connectivity index (χ2n) is 3.85. The lowest BCUT2D eigenvalue weighted by Crippen LogP contribution is -2.32. The third kappa shape index (κ3) is 5.03. The Morgan fingerprint density at radius 2 is 2.26 bits per heavy atom. The molecule has 1 aliphatic rings. The summed E-state index contributed by atoms with van der Waals surface area (Å²) >= 11 is 2.65. The van der Waals surface area contributed by atoms with Gasteiger partial charge in [0, 0.05) is 6.04 Å². The zero-order valence-electron chi connectivity index (χ0n) is 10.3. The van der Waals surface area contributed by atoms with Crippen LogP contribution in [0.2, 0.25) is 0 Å². The van der Waals surface area contributed by atoms with Crippen molar-refractivity contribution in [2.75, 3.05) is 17.7 Å². The Balaban J connectivity index is 1.70. The van der Waals surface area contributed by atoms with Crippen molar-refractivity contribution in [2.24, 2.45) is 0 Å². The number of thioether (sulfide) groups is 1. The Morgan fingerprint density at radius 3 is 2.95 bits per heavy atom. The molecule has 104 valence electrons. The molecule has 9 heteroatoms. The van der Waals surface area contributed by atoms with Crippen molar-refractivity contribution < 1.29 is 14.3 Å². The summed E-state index contributed by atoms with van der Waals surface area (Å²) in [7, 11) is 0. The molecule has 1 fully saturated rings. The van der Waals surface area contributed by atoms with E-state index in [1.165, 1.54) is 35.9 Å². The summed E-state index contributed by atoms with van der Waals surface area (Å²) in [5.41, 5.74) is 0. The van der Waals surface area contributed by atoms with Gasteiger partial charge in [0.15, 0.2) is 4.34 Å². The van der Waals surface area contributed by atoms with E-state index in [0.29, 0.717) is 10.4 Å². The molecule has 2 rings (SSSR count). The van der Waals surface area contributed by atoms with E-state index in [1.54, 1.807) is 6.92 Å². The van der Waals surface area contributed by atoms with Crippen LogP contribution >= 0.6 is 23.1 Å². The van der Waals surface area contributed by atoms with Crippen LogP contribution in [0.25, 0.3) is 0 Å². The first kappa shape index (κ1) is 14.1. The van der Waals surface area contributed by atoms with Gasteiger partial charge in [-0.25, -0.2) is 4.79 Å². The number of carbonyl (C=O) groups excluding carboxylic acids is 2. The standard InChI is InChI=1S/C10H14N4O3S2/c1-2-17-9(16)12-7(15)5-18-10-14-13-8(19-10)11-6-3-4-6/h6H,2-5H2,1H3,(H,11,13)(H,12,15,16). The Kier molecular flexibility index (Phi) is 4.97. The molecular weight excluding hydrogens is 288 g/mol. The number of carbonyl (C=O) groups is 2. The van der Waals surface area contributed by atoms with Gasteiger partial charge in [-0.15, -0.1) is 10.2 Å². The minimum Gasteiger partial charge on any atom is -0.450 e. The predicted molar refractivity (Wildman–Crippen MR) is 72.4 cm³/mol. The summed E-state index contributed by atoms with van der Waals surface area (Å²) in [4.78, 5) is 22.4. The molecule has 2 amide bonds. The van der Waals surface area contributed by atoms with Crippen molar-refractivity contribution in [3.8, 4) is 0 Å². The molecule has 0 bridgehead atoms. The zero-order valence-corrected chi connectivity index (χ0v) is 12.0. The number of hydrogen-bond acceptors (Lipinski definition) is 8. The lowest BCUT2D eigenvalue weighted by atomic mass is 10.7. The fourth-order valence-corrected chi connectivity index (χ4v) is 2.80. The number of nitrogens with zero attached hydrogens (tertiary/aromatic N) is 2. The van der Waals surface area contributed by atoms with Crippen molar-refractivity contribution in [2.45, 2.75) is 30.1 Å². The average molecular weight is 302 g/mol. The molecule has 19 heavy (non-hydrogen) atoms. The Morgan fingerprint density at radius 1 is 1.47 bits per heavy atom. The second kappa shape index (κ2) is 6.71. The van der Waals surface area contributed by atoms with Gasteiger partial charge in [-0.05, 0) is 19.8 Å². The van der Waals surface area contributed by atoms with Gasteiger partial charge in [-0.3, -0.25) is 10.1 Å². The van der Waals surface area contributed by atoms with Crippen molar-refractivity contribution in [3.05, 3.63) is 0 Å². The third-order valence-corrected chi connectivity index (χ3v) is 4.14. The normalized spacial score (nSPS) is 13.9. The molecule has 7 nitrogen and oxygen atoms in total. The van der Waals surface area contributed by atoms with E-state index in [4.69, 9.17) is 0 Å². The van der Waals surface area contributed by atoms with Gasteiger partial charge in [0.1, 0.15) is 0 Å². The Labute approximate surface area is 118 Å². The highest BCUT2D eigenvalue weighted by Crippen LogP contribution is 2.29. The molecular formula is C10H14N4O3S2. The fraction of sp³-hybridized carbons (Fsp3) is 0.600. The highest BCUT2D eigenvalue weighted by Gasteiger charge is 2.22. The summed E-state index contributed by atoms with van der Waals surface area (Å²) in [5, 5.41) is 14.1. The number of ether oxygens (including phenoxy) is 1. The Hall–Kier alpha value is -1.35. The van der Waals surface area contributed by atoms with Crippen LogP contribution in [-0.2, 0) is 9.53 Å². The van der Waals surface area contributed by atoms with E-state index in [9.17, 15) is 9.59 Å². The number of anilines is 1. The van der Waals surface area contributed by atoms with E-state index < -0.39 is 12.0 Å². The van der Waals surface area contributed by atoms with Crippen molar-refractivity contribution in [1.82, 2.24) is 15.5 Å². The molecule has 1 heterocycles. The number of imide groups is 1. The lowest BCUT2D eigenvalue weighted by molar-refractivity contribution is -0.117. The Bertz CT molecular complexity index is 461. The summed E-state index contributed by atoms with van der Waals surface area (Å²) < 4.78 is 5.30. The van der Waals surface area contributed by atoms with E-state index in [1.807, 2.05) is 0 Å². The molecule has 1 aromatic heterocycles. The molecule has 0 aromatic carbocycles. The molecule has 0 aliphatic heterocycles. The van der Waals surface area contributed by atoms with Crippen LogP contribution in [0.5, 0.6) is 0 Å². The molecule has 1 aliphatic carbocycles. The maximum atomic E-state index is 11.4. The number of aromatic nitrogens is 2. The quantitative estimate of drug-likeness (QED) is 0.769. The number of hydrogen-bond donors (Lipinski definition) is 2. The maximum absolute atomic E-state index is 11.4. The van der Waals surface area contributed by atoms with Gasteiger partial charge in [-0.1, -0.05) is 23.1 Å². The fourth-order valence-electron chi connectivity index (χ4n) is 1.17. The van der Waals surface area contributed by atoms with Crippen LogP contribution in [0, 0.1) is 0 Å². The number of amides is 2. The first-order chi connectivity index (χ1) is 9.17. The minimum atomic E-state index is -0.721. The first-order valence-corrected chi connectivity index (χ1v) is 7.67. The largest absolute Gasteiger partial charge is 0.450 e. The summed E-state index contributed by atoms with van der Waals surface area (Å²) in [5.74, 6) is -0.299. The van der Waals surface area contributed by atoms with E-state index >= 15 is 0 Å². The van der Waals surface area contributed by atoms with E-state index in [2.05, 4.69) is 25.6 Å². The van der Waals surface area contributed by atoms with Crippen LogP contribution < -0.4 is 10.6 Å². The number of alkyl carbamates (subject to hydrolysis) is 1. The van der Waals surface area contributed by atoms with E-state index in [-0.39, 0.29) is 12.4 Å². The van der Waals surface area contributed by atoms with E-state index in [0.717, 1.165) is 5.13 Å². The van der Waals surface area contributed by atoms with Crippen molar-refractivity contribution in [1.29, 1.82) is 0 Å². The van der Waals surface area contributed by atoms with Gasteiger partial charge in [0.2, 0.25) is 11.0 Å². The molecule has 0 atom stereocenters. The number of rotatable bonds is 6. The predicted octanol–water partition coefficient (Wildman–Crippen LogP) is 1.48. The topological polar surface area (TPSA) is 93.2 Å².